The van der Waals surface area contributed by atoms with Crippen molar-refractivity contribution >= 4 is 12.0 Å². The summed E-state index contributed by atoms with van der Waals surface area (Å²) in [5.74, 6) is -0.0406. The Kier molecular flexibility index (Phi) is 4.28. The zero-order chi connectivity index (χ0) is 12.0. The summed E-state index contributed by atoms with van der Waals surface area (Å²) in [5, 5.41) is 11.4. The molecule has 0 aromatic heterocycles. The SMILES string of the molecule is CC(=O)NCC=Cc1ccc(C#N)cc1C. The van der Waals surface area contributed by atoms with E-state index in [4.69, 9.17) is 5.26 Å². The van der Waals surface area contributed by atoms with Gasteiger partial charge in [0.1, 0.15) is 0 Å². The largest absolute Gasteiger partial charge is 0.353 e. The van der Waals surface area contributed by atoms with Gasteiger partial charge in [0, 0.05) is 13.5 Å². The van der Waals surface area contributed by atoms with E-state index < -0.39 is 0 Å². The third-order valence-corrected chi connectivity index (χ3v) is 2.17. The van der Waals surface area contributed by atoms with Gasteiger partial charge in [-0.2, -0.15) is 5.26 Å². The summed E-state index contributed by atoms with van der Waals surface area (Å²) in [5.41, 5.74) is 2.78. The second-order valence-corrected chi connectivity index (χ2v) is 3.52. The lowest BCUT2D eigenvalue weighted by molar-refractivity contribution is -0.118. The van der Waals surface area contributed by atoms with E-state index in [-0.39, 0.29) is 5.91 Å². The second kappa shape index (κ2) is 5.72. The Morgan fingerprint density at radius 2 is 2.31 bits per heavy atom. The van der Waals surface area contributed by atoms with Crippen LogP contribution >= 0.6 is 0 Å². The van der Waals surface area contributed by atoms with Crippen LogP contribution in [0.3, 0.4) is 0 Å². The van der Waals surface area contributed by atoms with E-state index in [0.717, 1.165) is 11.1 Å². The van der Waals surface area contributed by atoms with Crippen molar-refractivity contribution in [3.63, 3.8) is 0 Å². The van der Waals surface area contributed by atoms with E-state index in [1.54, 1.807) is 6.07 Å². The first-order valence-electron chi connectivity index (χ1n) is 5.05. The quantitative estimate of drug-likeness (QED) is 0.836. The highest BCUT2D eigenvalue weighted by Crippen LogP contribution is 2.11. The number of hydrogen-bond acceptors (Lipinski definition) is 2. The molecule has 1 aromatic rings. The molecule has 3 nitrogen and oxygen atoms in total. The number of hydrogen-bond donors (Lipinski definition) is 1. The minimum atomic E-state index is -0.0406. The summed E-state index contributed by atoms with van der Waals surface area (Å²) < 4.78 is 0. The first-order valence-corrected chi connectivity index (χ1v) is 5.05. The van der Waals surface area contributed by atoms with Crippen molar-refractivity contribution < 1.29 is 4.79 Å². The fourth-order valence-electron chi connectivity index (χ4n) is 1.32. The molecule has 1 N–H and O–H groups in total. The number of nitriles is 1. The van der Waals surface area contributed by atoms with Crippen LogP contribution in [-0.4, -0.2) is 12.5 Å². The minimum Gasteiger partial charge on any atom is -0.353 e. The monoisotopic (exact) mass is 214 g/mol. The lowest BCUT2D eigenvalue weighted by Gasteiger charge is -2.00. The van der Waals surface area contributed by atoms with Crippen molar-refractivity contribution in [3.05, 3.63) is 41.0 Å². The number of nitrogens with zero attached hydrogens (tertiary/aromatic N) is 1. The lowest BCUT2D eigenvalue weighted by Crippen LogP contribution is -2.19. The molecule has 16 heavy (non-hydrogen) atoms. The third kappa shape index (κ3) is 3.58. The van der Waals surface area contributed by atoms with E-state index in [1.807, 2.05) is 31.2 Å². The zero-order valence-electron chi connectivity index (χ0n) is 9.45. The van der Waals surface area contributed by atoms with Crippen LogP contribution < -0.4 is 5.32 Å². The van der Waals surface area contributed by atoms with Gasteiger partial charge in [-0.15, -0.1) is 0 Å². The molecule has 0 saturated carbocycles. The summed E-state index contributed by atoms with van der Waals surface area (Å²) in [4.78, 5) is 10.6. The molecule has 0 saturated heterocycles. The van der Waals surface area contributed by atoms with Crippen molar-refractivity contribution in [2.24, 2.45) is 0 Å². The summed E-state index contributed by atoms with van der Waals surface area (Å²) in [6, 6.07) is 7.63. The van der Waals surface area contributed by atoms with Gasteiger partial charge in [-0.25, -0.2) is 0 Å². The topological polar surface area (TPSA) is 52.9 Å². The summed E-state index contributed by atoms with van der Waals surface area (Å²) in [7, 11) is 0. The average molecular weight is 214 g/mol. The number of benzene rings is 1. The van der Waals surface area contributed by atoms with E-state index >= 15 is 0 Å². The van der Waals surface area contributed by atoms with Crippen LogP contribution in [-0.2, 0) is 4.79 Å². The van der Waals surface area contributed by atoms with Crippen molar-refractivity contribution in [3.8, 4) is 6.07 Å². The molecule has 0 radical (unpaired) electrons. The number of aryl methyl sites for hydroxylation is 1. The van der Waals surface area contributed by atoms with Crippen LogP contribution in [0.1, 0.15) is 23.6 Å². The number of carbonyl (C=O) groups is 1. The van der Waals surface area contributed by atoms with Crippen molar-refractivity contribution in [2.45, 2.75) is 13.8 Å². The molecule has 0 aliphatic heterocycles. The molecule has 0 unspecified atom stereocenters. The Morgan fingerprint density at radius 1 is 1.56 bits per heavy atom. The van der Waals surface area contributed by atoms with Crippen LogP contribution in [0.5, 0.6) is 0 Å². The molecule has 82 valence electrons. The van der Waals surface area contributed by atoms with Gasteiger partial charge in [0.15, 0.2) is 0 Å². The van der Waals surface area contributed by atoms with Gasteiger partial charge in [0.05, 0.1) is 11.6 Å². The average Bonchev–Trinajstić information content (AvgIpc) is 2.25. The Bertz CT molecular complexity index is 455. The Hall–Kier alpha value is -2.08. The molecule has 1 aromatic carbocycles. The van der Waals surface area contributed by atoms with Crippen LogP contribution in [0.25, 0.3) is 6.08 Å². The predicted octanol–water partition coefficient (Wildman–Crippen LogP) is 2.02. The number of carbonyl (C=O) groups excluding carboxylic acids is 1. The molecule has 0 bridgehead atoms. The highest BCUT2D eigenvalue weighted by molar-refractivity contribution is 5.73. The fraction of sp³-hybridized carbons (Fsp3) is 0.231. The maximum atomic E-state index is 10.6. The van der Waals surface area contributed by atoms with Crippen LogP contribution in [0.4, 0.5) is 0 Å². The van der Waals surface area contributed by atoms with Crippen LogP contribution in [0.2, 0.25) is 0 Å². The molecule has 3 heteroatoms. The highest BCUT2D eigenvalue weighted by Gasteiger charge is 1.96. The standard InChI is InChI=1S/C13H14N2O/c1-10-8-12(9-14)5-6-13(10)4-3-7-15-11(2)16/h3-6,8H,7H2,1-2H3,(H,15,16). The molecular weight excluding hydrogens is 200 g/mol. The molecule has 1 rings (SSSR count). The number of nitrogens with one attached hydrogen (secondary N) is 1. The third-order valence-electron chi connectivity index (χ3n) is 2.17. The molecule has 0 fully saturated rings. The number of rotatable bonds is 3. The Labute approximate surface area is 95.4 Å². The lowest BCUT2D eigenvalue weighted by atomic mass is 10.1. The highest BCUT2D eigenvalue weighted by atomic mass is 16.1. The molecule has 1 amide bonds. The van der Waals surface area contributed by atoms with Gasteiger partial charge >= 0.3 is 0 Å². The normalized spacial score (nSPS) is 10.1. The molecule has 0 atom stereocenters. The van der Waals surface area contributed by atoms with E-state index in [0.29, 0.717) is 12.1 Å². The van der Waals surface area contributed by atoms with Crippen LogP contribution in [0, 0.1) is 18.3 Å². The first kappa shape index (κ1) is 12.0. The number of amides is 1. The van der Waals surface area contributed by atoms with Gasteiger partial charge in [-0.1, -0.05) is 18.2 Å². The zero-order valence-corrected chi connectivity index (χ0v) is 9.45. The predicted molar refractivity (Wildman–Crippen MR) is 63.6 cm³/mol. The van der Waals surface area contributed by atoms with Gasteiger partial charge < -0.3 is 5.32 Å². The Morgan fingerprint density at radius 3 is 2.88 bits per heavy atom. The van der Waals surface area contributed by atoms with Crippen molar-refractivity contribution in [2.75, 3.05) is 6.54 Å². The summed E-state index contributed by atoms with van der Waals surface area (Å²) >= 11 is 0. The minimum absolute atomic E-state index is 0.0406. The maximum absolute atomic E-state index is 10.6. The smallest absolute Gasteiger partial charge is 0.217 e. The molecule has 0 aliphatic rings. The molecular formula is C13H14N2O. The van der Waals surface area contributed by atoms with E-state index in [1.165, 1.54) is 6.92 Å². The summed E-state index contributed by atoms with van der Waals surface area (Å²) in [6.07, 6.45) is 3.82. The molecule has 0 heterocycles. The Balaban J connectivity index is 2.68. The fourth-order valence-corrected chi connectivity index (χ4v) is 1.32. The maximum Gasteiger partial charge on any atom is 0.217 e. The second-order valence-electron chi connectivity index (χ2n) is 3.52. The van der Waals surface area contributed by atoms with Gasteiger partial charge in [-0.3, -0.25) is 4.79 Å². The van der Waals surface area contributed by atoms with Crippen molar-refractivity contribution in [1.29, 1.82) is 5.26 Å². The molecule has 0 spiro atoms. The summed E-state index contributed by atoms with van der Waals surface area (Å²) in [6.45, 7) is 3.97. The van der Waals surface area contributed by atoms with Gasteiger partial charge in [0.2, 0.25) is 5.91 Å². The van der Waals surface area contributed by atoms with Crippen molar-refractivity contribution in [1.82, 2.24) is 5.32 Å². The first-order chi connectivity index (χ1) is 7.63. The molecule has 0 aliphatic carbocycles. The van der Waals surface area contributed by atoms with Gasteiger partial charge in [0.25, 0.3) is 0 Å². The van der Waals surface area contributed by atoms with E-state index in [9.17, 15) is 4.79 Å². The van der Waals surface area contributed by atoms with E-state index in [2.05, 4.69) is 11.4 Å². The van der Waals surface area contributed by atoms with Crippen LogP contribution in [0.15, 0.2) is 24.3 Å². The van der Waals surface area contributed by atoms with Gasteiger partial charge in [-0.05, 0) is 30.2 Å².